The molecule has 0 aliphatic rings. The molecule has 2 aromatic carbocycles. The van der Waals surface area contributed by atoms with Gasteiger partial charge in [0.2, 0.25) is 5.91 Å². The molecule has 2 aromatic rings. The Balaban J connectivity index is 1.85. The Hall–Kier alpha value is -2.82. The summed E-state index contributed by atoms with van der Waals surface area (Å²) in [6.07, 6.45) is 3.82. The molecule has 0 aromatic heterocycles. The van der Waals surface area contributed by atoms with Gasteiger partial charge in [0.25, 0.3) is 0 Å². The van der Waals surface area contributed by atoms with E-state index >= 15 is 0 Å². The van der Waals surface area contributed by atoms with E-state index in [-0.39, 0.29) is 11.7 Å². The number of benzene rings is 2. The summed E-state index contributed by atoms with van der Waals surface area (Å²) in [7, 11) is 3.13. The van der Waals surface area contributed by atoms with E-state index in [4.69, 9.17) is 9.47 Å². The lowest BCUT2D eigenvalue weighted by atomic mass is 10.1. The summed E-state index contributed by atoms with van der Waals surface area (Å²) in [5, 5.41) is 2.79. The number of nitrogens with one attached hydrogen (secondary N) is 1. The fourth-order valence-corrected chi connectivity index (χ4v) is 2.17. The van der Waals surface area contributed by atoms with Gasteiger partial charge in [-0.1, -0.05) is 18.2 Å². The lowest BCUT2D eigenvalue weighted by Gasteiger charge is -2.07. The molecule has 1 amide bonds. The van der Waals surface area contributed by atoms with Gasteiger partial charge < -0.3 is 14.8 Å². The third kappa shape index (κ3) is 5.12. The van der Waals surface area contributed by atoms with Gasteiger partial charge in [0.05, 0.1) is 14.2 Å². The van der Waals surface area contributed by atoms with Crippen LogP contribution in [0.1, 0.15) is 11.1 Å². The molecule has 126 valence electrons. The lowest BCUT2D eigenvalue weighted by molar-refractivity contribution is -0.116. The average molecular weight is 329 g/mol. The number of amides is 1. The largest absolute Gasteiger partial charge is 0.493 e. The van der Waals surface area contributed by atoms with Crippen LogP contribution in [0.5, 0.6) is 11.5 Å². The monoisotopic (exact) mass is 329 g/mol. The zero-order chi connectivity index (χ0) is 17.4. The van der Waals surface area contributed by atoms with Gasteiger partial charge in [-0.05, 0) is 47.9 Å². The molecule has 0 bridgehead atoms. The van der Waals surface area contributed by atoms with E-state index in [1.54, 1.807) is 44.6 Å². The Morgan fingerprint density at radius 3 is 2.46 bits per heavy atom. The van der Waals surface area contributed by atoms with E-state index in [9.17, 15) is 9.18 Å². The number of carbonyl (C=O) groups is 1. The van der Waals surface area contributed by atoms with Crippen LogP contribution in [0, 0.1) is 5.82 Å². The van der Waals surface area contributed by atoms with Crippen molar-refractivity contribution in [3.8, 4) is 11.5 Å². The summed E-state index contributed by atoms with van der Waals surface area (Å²) in [6.45, 7) is 0.487. The first-order chi connectivity index (χ1) is 11.6. The zero-order valence-electron chi connectivity index (χ0n) is 13.7. The minimum Gasteiger partial charge on any atom is -0.493 e. The van der Waals surface area contributed by atoms with E-state index in [0.717, 1.165) is 11.1 Å². The van der Waals surface area contributed by atoms with Crippen LogP contribution in [0.3, 0.4) is 0 Å². The highest BCUT2D eigenvalue weighted by Crippen LogP contribution is 2.27. The van der Waals surface area contributed by atoms with E-state index in [2.05, 4.69) is 5.32 Å². The zero-order valence-corrected chi connectivity index (χ0v) is 13.7. The van der Waals surface area contributed by atoms with Gasteiger partial charge >= 0.3 is 0 Å². The molecule has 0 aliphatic carbocycles. The second kappa shape index (κ2) is 8.72. The summed E-state index contributed by atoms with van der Waals surface area (Å²) in [4.78, 5) is 11.8. The summed E-state index contributed by atoms with van der Waals surface area (Å²) < 4.78 is 23.2. The smallest absolute Gasteiger partial charge is 0.244 e. The summed E-state index contributed by atoms with van der Waals surface area (Å²) in [5.41, 5.74) is 1.81. The van der Waals surface area contributed by atoms with Crippen molar-refractivity contribution in [2.24, 2.45) is 0 Å². The van der Waals surface area contributed by atoms with Gasteiger partial charge in [0.15, 0.2) is 11.5 Å². The number of hydrogen-bond acceptors (Lipinski definition) is 3. The van der Waals surface area contributed by atoms with Crippen molar-refractivity contribution in [2.45, 2.75) is 6.42 Å². The number of ether oxygens (including phenoxy) is 2. The highest BCUT2D eigenvalue weighted by atomic mass is 19.1. The van der Waals surface area contributed by atoms with Gasteiger partial charge in [-0.15, -0.1) is 0 Å². The lowest BCUT2D eigenvalue weighted by Crippen LogP contribution is -2.23. The van der Waals surface area contributed by atoms with Crippen LogP contribution in [-0.2, 0) is 11.2 Å². The summed E-state index contributed by atoms with van der Waals surface area (Å²) in [5.74, 6) is 0.794. The van der Waals surface area contributed by atoms with Crippen molar-refractivity contribution >= 4 is 12.0 Å². The minimum absolute atomic E-state index is 0.188. The van der Waals surface area contributed by atoms with Gasteiger partial charge in [-0.2, -0.15) is 0 Å². The Bertz CT molecular complexity index is 711. The highest BCUT2D eigenvalue weighted by molar-refractivity contribution is 5.91. The van der Waals surface area contributed by atoms with Crippen molar-refractivity contribution in [3.63, 3.8) is 0 Å². The molecule has 1 N–H and O–H groups in total. The summed E-state index contributed by atoms with van der Waals surface area (Å²) in [6, 6.07) is 11.7. The van der Waals surface area contributed by atoms with E-state index < -0.39 is 0 Å². The average Bonchev–Trinajstić information content (AvgIpc) is 2.61. The van der Waals surface area contributed by atoms with Crippen LogP contribution < -0.4 is 14.8 Å². The number of rotatable bonds is 7. The summed E-state index contributed by atoms with van der Waals surface area (Å²) >= 11 is 0. The van der Waals surface area contributed by atoms with Crippen molar-refractivity contribution in [1.82, 2.24) is 5.32 Å². The third-order valence-electron chi connectivity index (χ3n) is 3.46. The van der Waals surface area contributed by atoms with Crippen molar-refractivity contribution in [3.05, 3.63) is 65.5 Å². The molecule has 0 atom stereocenters. The maximum atomic E-state index is 12.8. The molecule has 0 radical (unpaired) electrons. The quantitative estimate of drug-likeness (QED) is 0.794. The highest BCUT2D eigenvalue weighted by Gasteiger charge is 2.03. The van der Waals surface area contributed by atoms with Crippen molar-refractivity contribution in [1.29, 1.82) is 0 Å². The van der Waals surface area contributed by atoms with E-state index in [0.29, 0.717) is 24.5 Å². The Labute approximate surface area is 140 Å². The van der Waals surface area contributed by atoms with Gasteiger partial charge in [0, 0.05) is 12.6 Å². The Morgan fingerprint density at radius 2 is 1.79 bits per heavy atom. The van der Waals surface area contributed by atoms with Crippen LogP contribution >= 0.6 is 0 Å². The maximum absolute atomic E-state index is 12.8. The fourth-order valence-electron chi connectivity index (χ4n) is 2.17. The molecule has 4 nitrogen and oxygen atoms in total. The van der Waals surface area contributed by atoms with Gasteiger partial charge in [-0.3, -0.25) is 4.79 Å². The van der Waals surface area contributed by atoms with Gasteiger partial charge in [0.1, 0.15) is 5.82 Å². The van der Waals surface area contributed by atoms with Crippen LogP contribution in [0.2, 0.25) is 0 Å². The molecule has 2 rings (SSSR count). The van der Waals surface area contributed by atoms with Gasteiger partial charge in [-0.25, -0.2) is 4.39 Å². The van der Waals surface area contributed by atoms with Crippen LogP contribution in [0.15, 0.2) is 48.5 Å². The molecule has 0 saturated carbocycles. The second-order valence-corrected chi connectivity index (χ2v) is 5.12. The fraction of sp³-hybridized carbons (Fsp3) is 0.211. The molecule has 0 spiro atoms. The molecular weight excluding hydrogens is 309 g/mol. The topological polar surface area (TPSA) is 47.6 Å². The SMILES string of the molecule is COc1ccc(/C=C/C(=O)NCCc2ccc(F)cc2)cc1OC. The maximum Gasteiger partial charge on any atom is 0.244 e. The van der Waals surface area contributed by atoms with Crippen LogP contribution in [0.25, 0.3) is 6.08 Å². The Kier molecular flexibility index (Phi) is 6.37. The molecule has 0 aliphatic heterocycles. The standard InChI is InChI=1S/C19H20FNO3/c1-23-17-9-5-15(13-18(17)24-2)6-10-19(22)21-12-11-14-3-7-16(20)8-4-14/h3-10,13H,11-12H2,1-2H3,(H,21,22)/b10-6+. The van der Waals surface area contributed by atoms with E-state index in [1.165, 1.54) is 18.2 Å². The first-order valence-corrected chi connectivity index (χ1v) is 7.55. The number of halogens is 1. The number of hydrogen-bond donors (Lipinski definition) is 1. The van der Waals surface area contributed by atoms with Crippen LogP contribution in [0.4, 0.5) is 4.39 Å². The van der Waals surface area contributed by atoms with Crippen molar-refractivity contribution < 1.29 is 18.7 Å². The predicted octanol–water partition coefficient (Wildman–Crippen LogP) is 3.22. The molecular formula is C19H20FNO3. The first kappa shape index (κ1) is 17.5. The normalized spacial score (nSPS) is 10.6. The number of carbonyl (C=O) groups excluding carboxylic acids is 1. The first-order valence-electron chi connectivity index (χ1n) is 7.55. The van der Waals surface area contributed by atoms with Crippen molar-refractivity contribution in [2.75, 3.05) is 20.8 Å². The molecule has 24 heavy (non-hydrogen) atoms. The molecule has 0 saturated heterocycles. The predicted molar refractivity (Wildman–Crippen MR) is 91.7 cm³/mol. The number of methoxy groups -OCH3 is 2. The molecule has 5 heteroatoms. The minimum atomic E-state index is -0.263. The third-order valence-corrected chi connectivity index (χ3v) is 3.46. The Morgan fingerprint density at radius 1 is 1.08 bits per heavy atom. The molecule has 0 heterocycles. The van der Waals surface area contributed by atoms with E-state index in [1.807, 2.05) is 6.07 Å². The second-order valence-electron chi connectivity index (χ2n) is 5.12. The van der Waals surface area contributed by atoms with Crippen LogP contribution in [-0.4, -0.2) is 26.7 Å². The molecule has 0 fully saturated rings. The molecule has 0 unspecified atom stereocenters.